The van der Waals surface area contributed by atoms with Gasteiger partial charge in [-0.15, -0.1) is 0 Å². The lowest BCUT2D eigenvalue weighted by Gasteiger charge is -2.37. The smallest absolute Gasteiger partial charge is 0.240 e. The highest BCUT2D eigenvalue weighted by Gasteiger charge is 2.40. The van der Waals surface area contributed by atoms with Gasteiger partial charge in [0.25, 0.3) is 0 Å². The average Bonchev–Trinajstić information content (AvgIpc) is 2.25. The number of carbonyl (C=O) groups is 1. The van der Waals surface area contributed by atoms with E-state index < -0.39 is 5.54 Å². The van der Waals surface area contributed by atoms with E-state index in [9.17, 15) is 4.79 Å². The molecule has 1 aliphatic carbocycles. The number of amides is 1. The van der Waals surface area contributed by atoms with E-state index in [1.165, 1.54) is 5.56 Å². The summed E-state index contributed by atoms with van der Waals surface area (Å²) >= 11 is 0. The third kappa shape index (κ3) is 2.50. The van der Waals surface area contributed by atoms with Gasteiger partial charge in [0.15, 0.2) is 0 Å². The van der Waals surface area contributed by atoms with Gasteiger partial charge >= 0.3 is 0 Å². The SMILES string of the molecule is Cc1cccc([C@H](C)NC(=O)C2(N)CCC2)c1. The number of nitrogens with one attached hydrogen (secondary N) is 1. The lowest BCUT2D eigenvalue weighted by atomic mass is 9.77. The summed E-state index contributed by atoms with van der Waals surface area (Å²) in [6.07, 6.45) is 2.67. The van der Waals surface area contributed by atoms with Gasteiger partial charge in [-0.05, 0) is 38.7 Å². The summed E-state index contributed by atoms with van der Waals surface area (Å²) in [5.74, 6) is -0.0160. The molecule has 0 spiro atoms. The largest absolute Gasteiger partial charge is 0.348 e. The van der Waals surface area contributed by atoms with Crippen molar-refractivity contribution in [2.24, 2.45) is 5.73 Å². The zero-order valence-electron chi connectivity index (χ0n) is 10.5. The van der Waals surface area contributed by atoms with Gasteiger partial charge in [0, 0.05) is 0 Å². The van der Waals surface area contributed by atoms with E-state index in [4.69, 9.17) is 5.73 Å². The molecule has 1 amide bonds. The van der Waals surface area contributed by atoms with Crippen molar-refractivity contribution in [2.75, 3.05) is 0 Å². The Morgan fingerprint density at radius 2 is 2.18 bits per heavy atom. The maximum atomic E-state index is 12.0. The van der Waals surface area contributed by atoms with E-state index in [0.29, 0.717) is 0 Å². The van der Waals surface area contributed by atoms with E-state index >= 15 is 0 Å². The normalized spacial score (nSPS) is 19.2. The average molecular weight is 232 g/mol. The molecule has 0 radical (unpaired) electrons. The standard InChI is InChI=1S/C14H20N2O/c1-10-5-3-6-12(9-10)11(2)16-13(17)14(15)7-4-8-14/h3,5-6,9,11H,4,7-8,15H2,1-2H3,(H,16,17)/t11-/m0/s1. The van der Waals surface area contributed by atoms with Crippen LogP contribution in [0.4, 0.5) is 0 Å². The Morgan fingerprint density at radius 1 is 1.47 bits per heavy atom. The highest BCUT2D eigenvalue weighted by atomic mass is 16.2. The van der Waals surface area contributed by atoms with Gasteiger partial charge in [-0.2, -0.15) is 0 Å². The molecule has 1 saturated carbocycles. The number of nitrogens with two attached hydrogens (primary N) is 1. The maximum Gasteiger partial charge on any atom is 0.240 e. The molecule has 1 aliphatic rings. The van der Waals surface area contributed by atoms with Crippen molar-refractivity contribution in [2.45, 2.75) is 44.7 Å². The molecule has 0 unspecified atom stereocenters. The summed E-state index contributed by atoms with van der Waals surface area (Å²) in [6, 6.07) is 8.20. The van der Waals surface area contributed by atoms with Crippen molar-refractivity contribution >= 4 is 5.91 Å². The summed E-state index contributed by atoms with van der Waals surface area (Å²) in [5, 5.41) is 3.00. The van der Waals surface area contributed by atoms with Crippen molar-refractivity contribution in [3.8, 4) is 0 Å². The van der Waals surface area contributed by atoms with E-state index in [1.54, 1.807) is 0 Å². The number of carbonyl (C=O) groups excluding carboxylic acids is 1. The van der Waals surface area contributed by atoms with Crippen LogP contribution in [0.15, 0.2) is 24.3 Å². The summed E-state index contributed by atoms with van der Waals surface area (Å²) in [5.41, 5.74) is 7.71. The van der Waals surface area contributed by atoms with Crippen LogP contribution < -0.4 is 11.1 Å². The predicted octanol–water partition coefficient (Wildman–Crippen LogP) is 2.05. The Labute approximate surface area is 102 Å². The number of hydrogen-bond acceptors (Lipinski definition) is 2. The number of hydrogen-bond donors (Lipinski definition) is 2. The summed E-state index contributed by atoms with van der Waals surface area (Å²) in [7, 11) is 0. The highest BCUT2D eigenvalue weighted by molar-refractivity contribution is 5.87. The molecule has 1 fully saturated rings. The monoisotopic (exact) mass is 232 g/mol. The van der Waals surface area contributed by atoms with E-state index in [0.717, 1.165) is 24.8 Å². The van der Waals surface area contributed by atoms with Gasteiger partial charge in [0.1, 0.15) is 0 Å². The second-order valence-corrected chi connectivity index (χ2v) is 5.12. The second-order valence-electron chi connectivity index (χ2n) is 5.12. The van der Waals surface area contributed by atoms with E-state index in [-0.39, 0.29) is 11.9 Å². The molecule has 92 valence electrons. The molecule has 3 nitrogen and oxygen atoms in total. The molecule has 1 aromatic carbocycles. The molecule has 1 aromatic rings. The van der Waals surface area contributed by atoms with Crippen molar-refractivity contribution in [3.63, 3.8) is 0 Å². The van der Waals surface area contributed by atoms with E-state index in [1.807, 2.05) is 32.0 Å². The zero-order valence-corrected chi connectivity index (χ0v) is 10.5. The molecule has 0 saturated heterocycles. The van der Waals surface area contributed by atoms with Gasteiger partial charge in [0.05, 0.1) is 11.6 Å². The molecule has 3 heteroatoms. The fourth-order valence-electron chi connectivity index (χ4n) is 2.15. The topological polar surface area (TPSA) is 55.1 Å². The minimum atomic E-state index is -0.613. The first-order valence-corrected chi connectivity index (χ1v) is 6.18. The third-order valence-electron chi connectivity index (χ3n) is 3.59. The Hall–Kier alpha value is -1.35. The van der Waals surface area contributed by atoms with Crippen LogP contribution in [0.1, 0.15) is 43.4 Å². The van der Waals surface area contributed by atoms with Crippen molar-refractivity contribution in [1.29, 1.82) is 0 Å². The van der Waals surface area contributed by atoms with Gasteiger partial charge in [-0.1, -0.05) is 29.8 Å². The lowest BCUT2D eigenvalue weighted by Crippen LogP contribution is -2.58. The minimum Gasteiger partial charge on any atom is -0.348 e. The van der Waals surface area contributed by atoms with Crippen LogP contribution in [0.3, 0.4) is 0 Å². The first-order valence-electron chi connectivity index (χ1n) is 6.18. The zero-order chi connectivity index (χ0) is 12.5. The third-order valence-corrected chi connectivity index (χ3v) is 3.59. The summed E-state index contributed by atoms with van der Waals surface area (Å²) in [6.45, 7) is 4.04. The van der Waals surface area contributed by atoms with Crippen molar-refractivity contribution < 1.29 is 4.79 Å². The van der Waals surface area contributed by atoms with Crippen LogP contribution in [0.2, 0.25) is 0 Å². The first kappa shape index (κ1) is 12.1. The number of benzene rings is 1. The molecule has 3 N–H and O–H groups in total. The Balaban J connectivity index is 2.01. The van der Waals surface area contributed by atoms with Gasteiger partial charge in [-0.25, -0.2) is 0 Å². The molecular weight excluding hydrogens is 212 g/mol. The maximum absolute atomic E-state index is 12.0. The molecule has 0 heterocycles. The quantitative estimate of drug-likeness (QED) is 0.838. The molecule has 0 aromatic heterocycles. The van der Waals surface area contributed by atoms with Crippen LogP contribution in [0.5, 0.6) is 0 Å². The first-order chi connectivity index (χ1) is 8.01. The molecule has 17 heavy (non-hydrogen) atoms. The fourth-order valence-corrected chi connectivity index (χ4v) is 2.15. The lowest BCUT2D eigenvalue weighted by molar-refractivity contribution is -0.129. The van der Waals surface area contributed by atoms with Crippen LogP contribution in [0, 0.1) is 6.92 Å². The second kappa shape index (κ2) is 4.49. The van der Waals surface area contributed by atoms with Crippen LogP contribution >= 0.6 is 0 Å². The fraction of sp³-hybridized carbons (Fsp3) is 0.500. The van der Waals surface area contributed by atoms with E-state index in [2.05, 4.69) is 11.4 Å². The van der Waals surface area contributed by atoms with Gasteiger partial charge < -0.3 is 11.1 Å². The summed E-state index contributed by atoms with van der Waals surface area (Å²) < 4.78 is 0. The molecule has 0 aliphatic heterocycles. The molecule has 0 bridgehead atoms. The van der Waals surface area contributed by atoms with Gasteiger partial charge in [-0.3, -0.25) is 4.79 Å². The number of rotatable bonds is 3. The van der Waals surface area contributed by atoms with Crippen LogP contribution in [-0.4, -0.2) is 11.4 Å². The van der Waals surface area contributed by atoms with Crippen LogP contribution in [0.25, 0.3) is 0 Å². The minimum absolute atomic E-state index is 0.0160. The van der Waals surface area contributed by atoms with Crippen molar-refractivity contribution in [3.05, 3.63) is 35.4 Å². The molecule has 2 rings (SSSR count). The predicted molar refractivity (Wildman–Crippen MR) is 68.5 cm³/mol. The molecular formula is C14H20N2O. The van der Waals surface area contributed by atoms with Gasteiger partial charge in [0.2, 0.25) is 5.91 Å². The number of aryl methyl sites for hydroxylation is 1. The Bertz CT molecular complexity index is 424. The Morgan fingerprint density at radius 3 is 2.71 bits per heavy atom. The summed E-state index contributed by atoms with van der Waals surface area (Å²) in [4.78, 5) is 12.0. The van der Waals surface area contributed by atoms with Crippen molar-refractivity contribution in [1.82, 2.24) is 5.32 Å². The highest BCUT2D eigenvalue weighted by Crippen LogP contribution is 2.29. The van der Waals surface area contributed by atoms with Crippen LogP contribution in [-0.2, 0) is 4.79 Å². The Kier molecular flexibility index (Phi) is 3.20. The molecule has 1 atom stereocenters.